The normalized spacial score (nSPS) is 10.7. The first-order valence-corrected chi connectivity index (χ1v) is 5.55. The Morgan fingerprint density at radius 2 is 2.19 bits per heavy atom. The summed E-state index contributed by atoms with van der Waals surface area (Å²) < 4.78 is 1.86. The van der Waals surface area contributed by atoms with Gasteiger partial charge in [-0.1, -0.05) is 17.7 Å². The minimum Gasteiger partial charge on any atom is -0.316 e. The molecule has 0 atom stereocenters. The van der Waals surface area contributed by atoms with Crippen LogP contribution in [0.4, 0.5) is 0 Å². The lowest BCUT2D eigenvalue weighted by molar-refractivity contribution is 0.785. The van der Waals surface area contributed by atoms with Crippen LogP contribution in [0.25, 0.3) is 5.69 Å². The van der Waals surface area contributed by atoms with Crippen LogP contribution in [-0.2, 0) is 6.54 Å². The number of hydrogen-bond donors (Lipinski definition) is 1. The van der Waals surface area contributed by atoms with Gasteiger partial charge in [-0.25, -0.2) is 4.68 Å². The van der Waals surface area contributed by atoms with Gasteiger partial charge in [-0.05, 0) is 32.2 Å². The van der Waals surface area contributed by atoms with Crippen molar-refractivity contribution >= 4 is 11.6 Å². The second kappa shape index (κ2) is 4.68. The predicted molar refractivity (Wildman–Crippen MR) is 66.1 cm³/mol. The van der Waals surface area contributed by atoms with Crippen molar-refractivity contribution in [2.75, 3.05) is 7.05 Å². The van der Waals surface area contributed by atoms with E-state index in [1.807, 2.05) is 49.1 Å². The van der Waals surface area contributed by atoms with Crippen LogP contribution in [-0.4, -0.2) is 16.8 Å². The van der Waals surface area contributed by atoms with E-state index in [9.17, 15) is 0 Å². The van der Waals surface area contributed by atoms with Crippen molar-refractivity contribution in [3.05, 3.63) is 46.7 Å². The molecule has 1 heterocycles. The molecule has 0 bridgehead atoms. The van der Waals surface area contributed by atoms with Crippen molar-refractivity contribution in [1.82, 2.24) is 15.1 Å². The Labute approximate surface area is 100 Å². The van der Waals surface area contributed by atoms with Gasteiger partial charge >= 0.3 is 0 Å². The van der Waals surface area contributed by atoms with Gasteiger partial charge < -0.3 is 5.32 Å². The van der Waals surface area contributed by atoms with Gasteiger partial charge in [-0.3, -0.25) is 0 Å². The Morgan fingerprint density at radius 1 is 1.38 bits per heavy atom. The Morgan fingerprint density at radius 3 is 2.81 bits per heavy atom. The zero-order chi connectivity index (χ0) is 11.5. The van der Waals surface area contributed by atoms with E-state index in [-0.39, 0.29) is 0 Å². The monoisotopic (exact) mass is 235 g/mol. The molecule has 1 N–H and O–H groups in total. The maximum atomic E-state index is 6.18. The van der Waals surface area contributed by atoms with Crippen molar-refractivity contribution in [2.45, 2.75) is 13.5 Å². The minimum absolute atomic E-state index is 0.730. The molecule has 0 aliphatic heterocycles. The molecule has 0 spiro atoms. The fourth-order valence-corrected chi connectivity index (χ4v) is 1.90. The maximum absolute atomic E-state index is 6.18. The molecule has 2 rings (SSSR count). The van der Waals surface area contributed by atoms with Crippen molar-refractivity contribution in [3.8, 4) is 5.69 Å². The van der Waals surface area contributed by atoms with Crippen molar-refractivity contribution in [2.24, 2.45) is 0 Å². The summed E-state index contributed by atoms with van der Waals surface area (Å²) >= 11 is 6.18. The Bertz CT molecular complexity index is 491. The smallest absolute Gasteiger partial charge is 0.0705 e. The molecule has 0 aliphatic carbocycles. The number of hydrogen-bond acceptors (Lipinski definition) is 2. The Kier molecular flexibility index (Phi) is 3.27. The van der Waals surface area contributed by atoms with Gasteiger partial charge in [0.1, 0.15) is 0 Å². The summed E-state index contributed by atoms with van der Waals surface area (Å²) in [6.45, 7) is 2.70. The second-order valence-electron chi connectivity index (χ2n) is 3.67. The lowest BCUT2D eigenvalue weighted by Gasteiger charge is -2.10. The molecule has 84 valence electrons. The van der Waals surface area contributed by atoms with Crippen LogP contribution in [0.15, 0.2) is 30.5 Å². The largest absolute Gasteiger partial charge is 0.316 e. The van der Waals surface area contributed by atoms with E-state index in [4.69, 9.17) is 11.6 Å². The number of halogens is 1. The van der Waals surface area contributed by atoms with E-state index in [0.29, 0.717) is 0 Å². The lowest BCUT2D eigenvalue weighted by atomic mass is 10.2. The highest BCUT2D eigenvalue weighted by molar-refractivity contribution is 6.31. The third-order valence-electron chi connectivity index (χ3n) is 2.42. The zero-order valence-electron chi connectivity index (χ0n) is 9.37. The maximum Gasteiger partial charge on any atom is 0.0705 e. The fourth-order valence-electron chi connectivity index (χ4n) is 1.66. The van der Waals surface area contributed by atoms with E-state index in [1.54, 1.807) is 0 Å². The summed E-state index contributed by atoms with van der Waals surface area (Å²) in [7, 11) is 1.90. The summed E-state index contributed by atoms with van der Waals surface area (Å²) in [4.78, 5) is 0. The quantitative estimate of drug-likeness (QED) is 0.886. The molecule has 0 unspecified atom stereocenters. The molecule has 0 radical (unpaired) electrons. The van der Waals surface area contributed by atoms with Gasteiger partial charge in [0.25, 0.3) is 0 Å². The first-order valence-electron chi connectivity index (χ1n) is 5.17. The van der Waals surface area contributed by atoms with E-state index in [2.05, 4.69) is 10.4 Å². The third kappa shape index (κ3) is 2.10. The van der Waals surface area contributed by atoms with Crippen molar-refractivity contribution < 1.29 is 0 Å². The highest BCUT2D eigenvalue weighted by atomic mass is 35.5. The average Bonchev–Trinajstić information content (AvgIpc) is 2.68. The van der Waals surface area contributed by atoms with Crippen LogP contribution in [0.1, 0.15) is 11.3 Å². The molecule has 1 aromatic heterocycles. The van der Waals surface area contributed by atoms with Crippen molar-refractivity contribution in [3.63, 3.8) is 0 Å². The fraction of sp³-hybridized carbons (Fsp3) is 0.250. The standard InChI is InChI=1S/C12H14ClN3/c1-9-6-7-16(15-9)12-5-3-4-11(13)10(12)8-14-2/h3-7,14H,8H2,1-2H3. The number of aromatic nitrogens is 2. The van der Waals surface area contributed by atoms with Gasteiger partial charge in [-0.15, -0.1) is 0 Å². The summed E-state index contributed by atoms with van der Waals surface area (Å²) in [6, 6.07) is 7.83. The second-order valence-corrected chi connectivity index (χ2v) is 4.08. The number of rotatable bonds is 3. The highest BCUT2D eigenvalue weighted by Crippen LogP contribution is 2.22. The minimum atomic E-state index is 0.730. The van der Waals surface area contributed by atoms with E-state index >= 15 is 0 Å². The SMILES string of the molecule is CNCc1c(Cl)cccc1-n1ccc(C)n1. The van der Waals surface area contributed by atoms with Gasteiger partial charge in [0.15, 0.2) is 0 Å². The lowest BCUT2D eigenvalue weighted by Crippen LogP contribution is -2.10. The van der Waals surface area contributed by atoms with Gasteiger partial charge in [0, 0.05) is 23.3 Å². The summed E-state index contributed by atoms with van der Waals surface area (Å²) in [5.41, 5.74) is 3.08. The van der Waals surface area contributed by atoms with Gasteiger partial charge in [0.2, 0.25) is 0 Å². The topological polar surface area (TPSA) is 29.9 Å². The van der Waals surface area contributed by atoms with E-state index in [0.717, 1.165) is 28.5 Å². The zero-order valence-corrected chi connectivity index (χ0v) is 10.1. The van der Waals surface area contributed by atoms with E-state index in [1.165, 1.54) is 0 Å². The molecule has 4 heteroatoms. The molecule has 0 aliphatic rings. The summed E-state index contributed by atoms with van der Waals surface area (Å²) in [5, 5.41) is 8.28. The summed E-state index contributed by atoms with van der Waals surface area (Å²) in [6.07, 6.45) is 1.94. The number of nitrogens with one attached hydrogen (secondary N) is 1. The Balaban J connectivity index is 2.51. The van der Waals surface area contributed by atoms with Crippen LogP contribution in [0.5, 0.6) is 0 Å². The number of nitrogens with zero attached hydrogens (tertiary/aromatic N) is 2. The van der Waals surface area contributed by atoms with Crippen LogP contribution >= 0.6 is 11.6 Å². The number of aryl methyl sites for hydroxylation is 1. The first-order chi connectivity index (χ1) is 7.72. The molecular formula is C12H14ClN3. The van der Waals surface area contributed by atoms with Crippen LogP contribution in [0.2, 0.25) is 5.02 Å². The first kappa shape index (κ1) is 11.2. The van der Waals surface area contributed by atoms with Gasteiger partial charge in [-0.2, -0.15) is 5.10 Å². The third-order valence-corrected chi connectivity index (χ3v) is 2.77. The Hall–Kier alpha value is -1.32. The summed E-state index contributed by atoms with van der Waals surface area (Å²) in [5.74, 6) is 0. The molecular weight excluding hydrogens is 222 g/mol. The van der Waals surface area contributed by atoms with E-state index < -0.39 is 0 Å². The molecule has 1 aromatic carbocycles. The molecule has 3 nitrogen and oxygen atoms in total. The van der Waals surface area contributed by atoms with Crippen molar-refractivity contribution in [1.29, 1.82) is 0 Å². The molecule has 0 saturated carbocycles. The van der Waals surface area contributed by atoms with Crippen LogP contribution in [0, 0.1) is 6.92 Å². The molecule has 16 heavy (non-hydrogen) atoms. The van der Waals surface area contributed by atoms with Crippen LogP contribution in [0.3, 0.4) is 0 Å². The van der Waals surface area contributed by atoms with Crippen LogP contribution < -0.4 is 5.32 Å². The predicted octanol–water partition coefficient (Wildman–Crippen LogP) is 2.55. The molecule has 2 aromatic rings. The average molecular weight is 236 g/mol. The highest BCUT2D eigenvalue weighted by Gasteiger charge is 2.08. The number of benzene rings is 1. The molecule has 0 saturated heterocycles. The molecule has 0 fully saturated rings. The van der Waals surface area contributed by atoms with Gasteiger partial charge in [0.05, 0.1) is 11.4 Å². The molecule has 0 amide bonds.